The van der Waals surface area contributed by atoms with Gasteiger partial charge in [0.1, 0.15) is 0 Å². The summed E-state index contributed by atoms with van der Waals surface area (Å²) in [6.45, 7) is 6.80. The molecular weight excluding hydrogens is 190 g/mol. The minimum Gasteiger partial charge on any atom is -0.465 e. The van der Waals surface area contributed by atoms with Crippen LogP contribution < -0.4 is 5.32 Å². The van der Waals surface area contributed by atoms with Crippen LogP contribution in [-0.2, 0) is 9.53 Å². The Labute approximate surface area is 92.6 Å². The molecule has 3 nitrogen and oxygen atoms in total. The summed E-state index contributed by atoms with van der Waals surface area (Å²) >= 11 is 0. The van der Waals surface area contributed by atoms with E-state index in [0.29, 0.717) is 12.5 Å². The molecule has 15 heavy (non-hydrogen) atoms. The van der Waals surface area contributed by atoms with E-state index < -0.39 is 0 Å². The van der Waals surface area contributed by atoms with Crippen LogP contribution in [0.1, 0.15) is 39.5 Å². The van der Waals surface area contributed by atoms with Crippen molar-refractivity contribution < 1.29 is 9.53 Å². The molecule has 1 atom stereocenters. The number of hydrogen-bond donors (Lipinski definition) is 1. The van der Waals surface area contributed by atoms with E-state index in [-0.39, 0.29) is 11.9 Å². The van der Waals surface area contributed by atoms with Crippen molar-refractivity contribution in [3.8, 4) is 0 Å². The zero-order valence-corrected chi connectivity index (χ0v) is 9.92. The van der Waals surface area contributed by atoms with E-state index in [1.807, 2.05) is 0 Å². The maximum atomic E-state index is 11.6. The molecule has 0 aromatic heterocycles. The number of piperidine rings is 1. The van der Waals surface area contributed by atoms with Crippen LogP contribution in [0.25, 0.3) is 0 Å². The smallest absolute Gasteiger partial charge is 0.310 e. The summed E-state index contributed by atoms with van der Waals surface area (Å²) in [5.41, 5.74) is 0. The van der Waals surface area contributed by atoms with Gasteiger partial charge in [0.05, 0.1) is 12.5 Å². The fraction of sp³-hybridized carbons (Fsp3) is 0.917. The van der Waals surface area contributed by atoms with Gasteiger partial charge in [0.2, 0.25) is 0 Å². The average molecular weight is 213 g/mol. The molecule has 0 aliphatic carbocycles. The van der Waals surface area contributed by atoms with E-state index in [1.165, 1.54) is 0 Å². The second-order valence-electron chi connectivity index (χ2n) is 4.75. The standard InChI is InChI=1S/C12H23NO2/c1-10(2)5-4-8-15-12(14)11-6-3-7-13-9-11/h10-11,13H,3-9H2,1-2H3. The van der Waals surface area contributed by atoms with Crippen LogP contribution in [-0.4, -0.2) is 25.7 Å². The van der Waals surface area contributed by atoms with Gasteiger partial charge in [-0.25, -0.2) is 0 Å². The highest BCUT2D eigenvalue weighted by Crippen LogP contribution is 2.12. The number of rotatable bonds is 5. The summed E-state index contributed by atoms with van der Waals surface area (Å²) in [6, 6.07) is 0. The van der Waals surface area contributed by atoms with Crippen molar-refractivity contribution >= 4 is 5.97 Å². The Morgan fingerprint density at radius 2 is 2.33 bits per heavy atom. The van der Waals surface area contributed by atoms with Gasteiger partial charge in [-0.3, -0.25) is 4.79 Å². The van der Waals surface area contributed by atoms with Crippen molar-refractivity contribution in [3.05, 3.63) is 0 Å². The van der Waals surface area contributed by atoms with E-state index in [1.54, 1.807) is 0 Å². The third-order valence-corrected chi connectivity index (χ3v) is 2.80. The first-order chi connectivity index (χ1) is 7.20. The van der Waals surface area contributed by atoms with Crippen LogP contribution in [0.2, 0.25) is 0 Å². The van der Waals surface area contributed by atoms with E-state index in [0.717, 1.165) is 38.8 Å². The van der Waals surface area contributed by atoms with Crippen molar-refractivity contribution in [1.82, 2.24) is 5.32 Å². The molecule has 88 valence electrons. The molecule has 0 aromatic rings. The summed E-state index contributed by atoms with van der Waals surface area (Å²) in [5.74, 6) is 0.781. The summed E-state index contributed by atoms with van der Waals surface area (Å²) in [7, 11) is 0. The van der Waals surface area contributed by atoms with E-state index in [9.17, 15) is 4.79 Å². The van der Waals surface area contributed by atoms with Gasteiger partial charge in [-0.15, -0.1) is 0 Å². The summed E-state index contributed by atoms with van der Waals surface area (Å²) in [5, 5.41) is 3.22. The Hall–Kier alpha value is -0.570. The molecule has 1 saturated heterocycles. The molecule has 0 bridgehead atoms. The number of hydrogen-bond acceptors (Lipinski definition) is 3. The van der Waals surface area contributed by atoms with Crippen molar-refractivity contribution in [2.75, 3.05) is 19.7 Å². The number of carbonyl (C=O) groups is 1. The number of carbonyl (C=O) groups excluding carboxylic acids is 1. The third-order valence-electron chi connectivity index (χ3n) is 2.80. The topological polar surface area (TPSA) is 38.3 Å². The van der Waals surface area contributed by atoms with Gasteiger partial charge in [0.25, 0.3) is 0 Å². The molecule has 1 aliphatic heterocycles. The van der Waals surface area contributed by atoms with Gasteiger partial charge in [0.15, 0.2) is 0 Å². The molecule has 1 N–H and O–H groups in total. The van der Waals surface area contributed by atoms with Crippen LogP contribution in [0.15, 0.2) is 0 Å². The first-order valence-electron chi connectivity index (χ1n) is 6.07. The maximum absolute atomic E-state index is 11.6. The number of nitrogens with one attached hydrogen (secondary N) is 1. The van der Waals surface area contributed by atoms with Crippen LogP contribution >= 0.6 is 0 Å². The lowest BCUT2D eigenvalue weighted by Gasteiger charge is -2.21. The lowest BCUT2D eigenvalue weighted by molar-refractivity contribution is -0.149. The Kier molecular flexibility index (Phi) is 5.69. The largest absolute Gasteiger partial charge is 0.465 e. The number of esters is 1. The molecule has 1 fully saturated rings. The second-order valence-corrected chi connectivity index (χ2v) is 4.75. The van der Waals surface area contributed by atoms with Crippen LogP contribution in [0, 0.1) is 11.8 Å². The highest BCUT2D eigenvalue weighted by molar-refractivity contribution is 5.72. The Bertz CT molecular complexity index is 186. The normalized spacial score (nSPS) is 21.7. The van der Waals surface area contributed by atoms with Gasteiger partial charge >= 0.3 is 5.97 Å². The van der Waals surface area contributed by atoms with Crippen LogP contribution in [0.4, 0.5) is 0 Å². The second kappa shape index (κ2) is 6.83. The average Bonchev–Trinajstić information content (AvgIpc) is 2.25. The van der Waals surface area contributed by atoms with Crippen molar-refractivity contribution in [3.63, 3.8) is 0 Å². The lowest BCUT2D eigenvalue weighted by atomic mass is 10.0. The van der Waals surface area contributed by atoms with Gasteiger partial charge in [-0.2, -0.15) is 0 Å². The molecule has 1 aliphatic rings. The maximum Gasteiger partial charge on any atom is 0.310 e. The molecule has 0 aromatic carbocycles. The van der Waals surface area contributed by atoms with Crippen molar-refractivity contribution in [2.45, 2.75) is 39.5 Å². The van der Waals surface area contributed by atoms with Gasteiger partial charge in [-0.05, 0) is 38.1 Å². The zero-order valence-electron chi connectivity index (χ0n) is 9.92. The fourth-order valence-corrected chi connectivity index (χ4v) is 1.84. The molecule has 0 radical (unpaired) electrons. The van der Waals surface area contributed by atoms with Gasteiger partial charge in [0, 0.05) is 6.54 Å². The minimum absolute atomic E-state index is 0.00837. The predicted octanol–water partition coefficient (Wildman–Crippen LogP) is 1.97. The first kappa shape index (κ1) is 12.5. The first-order valence-corrected chi connectivity index (χ1v) is 6.07. The summed E-state index contributed by atoms with van der Waals surface area (Å²) in [4.78, 5) is 11.6. The lowest BCUT2D eigenvalue weighted by Crippen LogP contribution is -2.35. The van der Waals surface area contributed by atoms with E-state index >= 15 is 0 Å². The van der Waals surface area contributed by atoms with E-state index in [2.05, 4.69) is 19.2 Å². The molecule has 0 saturated carbocycles. The quantitative estimate of drug-likeness (QED) is 0.560. The molecule has 1 unspecified atom stereocenters. The fourth-order valence-electron chi connectivity index (χ4n) is 1.84. The monoisotopic (exact) mass is 213 g/mol. The highest BCUT2D eigenvalue weighted by atomic mass is 16.5. The molecule has 0 amide bonds. The highest BCUT2D eigenvalue weighted by Gasteiger charge is 2.21. The molecule has 0 spiro atoms. The van der Waals surface area contributed by atoms with Crippen molar-refractivity contribution in [1.29, 1.82) is 0 Å². The molecular formula is C12H23NO2. The SMILES string of the molecule is CC(C)CCCOC(=O)C1CCCNC1. The van der Waals surface area contributed by atoms with Gasteiger partial charge < -0.3 is 10.1 Å². The third kappa shape index (κ3) is 5.17. The molecule has 1 rings (SSSR count). The van der Waals surface area contributed by atoms with Crippen LogP contribution in [0.5, 0.6) is 0 Å². The minimum atomic E-state index is -0.00837. The predicted molar refractivity (Wildman–Crippen MR) is 60.6 cm³/mol. The summed E-state index contributed by atoms with van der Waals surface area (Å²) in [6.07, 6.45) is 4.20. The summed E-state index contributed by atoms with van der Waals surface area (Å²) < 4.78 is 5.25. The van der Waals surface area contributed by atoms with Crippen molar-refractivity contribution in [2.24, 2.45) is 11.8 Å². The number of ether oxygens (including phenoxy) is 1. The molecule has 1 heterocycles. The Morgan fingerprint density at radius 1 is 1.53 bits per heavy atom. The van der Waals surface area contributed by atoms with E-state index in [4.69, 9.17) is 4.74 Å². The van der Waals surface area contributed by atoms with Crippen LogP contribution in [0.3, 0.4) is 0 Å². The Balaban J connectivity index is 2.07. The van der Waals surface area contributed by atoms with Gasteiger partial charge in [-0.1, -0.05) is 13.8 Å². The zero-order chi connectivity index (χ0) is 11.1. The molecule has 3 heteroatoms. The Morgan fingerprint density at radius 3 is 2.93 bits per heavy atom.